The first-order chi connectivity index (χ1) is 28.6. The van der Waals surface area contributed by atoms with Crippen LogP contribution in [0.1, 0.15) is 22.3 Å². The van der Waals surface area contributed by atoms with E-state index in [0.717, 1.165) is 33.4 Å². The van der Waals surface area contributed by atoms with Crippen molar-refractivity contribution in [1.82, 2.24) is 19.9 Å². The molecule has 9 rings (SSSR count). The van der Waals surface area contributed by atoms with Crippen molar-refractivity contribution in [3.63, 3.8) is 0 Å². The highest BCUT2D eigenvalue weighted by atomic mass is 32.2. The number of amides is 2. The molecule has 0 unspecified atom stereocenters. The average molecular weight is 819 g/mol. The first-order valence-electron chi connectivity index (χ1n) is 18.2. The number of rotatable bonds is 12. The summed E-state index contributed by atoms with van der Waals surface area (Å²) >= 11 is 2.40. The normalized spacial score (nSPS) is 12.5. The smallest absolute Gasteiger partial charge is 0.271 e. The lowest BCUT2D eigenvalue weighted by Crippen LogP contribution is -2.28. The Morgan fingerprint density at radius 1 is 0.576 bits per heavy atom. The Kier molecular flexibility index (Phi) is 9.62. The molecule has 2 aromatic heterocycles. The van der Waals surface area contributed by atoms with Crippen LogP contribution in [0.25, 0.3) is 33.2 Å². The summed E-state index contributed by atoms with van der Waals surface area (Å²) in [5, 5.41) is 29.2. The Morgan fingerprint density at radius 3 is 1.39 bits per heavy atom. The van der Waals surface area contributed by atoms with Crippen LogP contribution in [-0.4, -0.2) is 53.1 Å². The quantitative estimate of drug-likeness (QED) is 0.0523. The number of fused-ring (bicyclic) bond motifs is 5. The lowest BCUT2D eigenvalue weighted by Gasteiger charge is -2.34. The molecule has 0 bridgehead atoms. The molecule has 14 nitrogen and oxygen atoms in total. The van der Waals surface area contributed by atoms with E-state index in [1.54, 1.807) is 12.1 Å². The number of carbonyl (C=O) groups is 2. The Hall–Kier alpha value is -7.30. The van der Waals surface area contributed by atoms with E-state index >= 15 is 0 Å². The molecule has 6 aromatic carbocycles. The summed E-state index contributed by atoms with van der Waals surface area (Å²) in [5.41, 5.74) is 9.06. The minimum absolute atomic E-state index is 0.0432. The maximum absolute atomic E-state index is 13.1. The predicted octanol–water partition coefficient (Wildman–Crippen LogP) is 9.08. The van der Waals surface area contributed by atoms with Gasteiger partial charge in [-0.05, 0) is 69.8 Å². The van der Waals surface area contributed by atoms with Crippen LogP contribution in [0.3, 0.4) is 0 Å². The van der Waals surface area contributed by atoms with E-state index in [9.17, 15) is 29.8 Å². The summed E-state index contributed by atoms with van der Waals surface area (Å²) in [6, 6.07) is 41.1. The second-order valence-corrected chi connectivity index (χ2v) is 15.6. The van der Waals surface area contributed by atoms with Gasteiger partial charge in [0.2, 0.25) is 11.8 Å². The highest BCUT2D eigenvalue weighted by molar-refractivity contribution is 8.00. The fourth-order valence-corrected chi connectivity index (χ4v) is 8.98. The van der Waals surface area contributed by atoms with E-state index in [1.165, 1.54) is 47.8 Å². The number of aromatic nitrogens is 4. The van der Waals surface area contributed by atoms with E-state index in [4.69, 9.17) is 0 Å². The highest BCUT2D eigenvalue weighted by Crippen LogP contribution is 2.56. The fourth-order valence-electron chi connectivity index (χ4n) is 7.61. The summed E-state index contributed by atoms with van der Waals surface area (Å²) in [5.74, 6) is -0.328. The van der Waals surface area contributed by atoms with Gasteiger partial charge in [-0.2, -0.15) is 0 Å². The number of aromatic amines is 2. The molecule has 1 aliphatic rings. The Morgan fingerprint density at radius 2 is 0.983 bits per heavy atom. The Labute approximate surface area is 343 Å². The van der Waals surface area contributed by atoms with E-state index in [0.29, 0.717) is 43.8 Å². The van der Waals surface area contributed by atoms with Crippen LogP contribution in [0.4, 0.5) is 22.7 Å². The minimum atomic E-state index is -0.712. The van der Waals surface area contributed by atoms with Gasteiger partial charge in [-0.3, -0.25) is 29.8 Å². The molecule has 59 heavy (non-hydrogen) atoms. The summed E-state index contributed by atoms with van der Waals surface area (Å²) in [6.07, 6.45) is 0. The monoisotopic (exact) mass is 818 g/mol. The zero-order chi connectivity index (χ0) is 40.7. The maximum atomic E-state index is 13.1. The van der Waals surface area contributed by atoms with Gasteiger partial charge in [-0.1, -0.05) is 96.3 Å². The van der Waals surface area contributed by atoms with Crippen LogP contribution >= 0.6 is 23.5 Å². The number of hydrogen-bond donors (Lipinski definition) is 4. The number of non-ortho nitro benzene ring substituents is 2. The number of thioether (sulfide) groups is 2. The topological polar surface area (TPSA) is 202 Å². The highest BCUT2D eigenvalue weighted by Gasteiger charge is 2.45. The van der Waals surface area contributed by atoms with Crippen molar-refractivity contribution in [3.8, 4) is 11.1 Å². The second-order valence-electron chi connectivity index (χ2n) is 13.7. The van der Waals surface area contributed by atoms with Gasteiger partial charge in [0.25, 0.3) is 11.4 Å². The van der Waals surface area contributed by atoms with E-state index in [1.807, 2.05) is 72.8 Å². The van der Waals surface area contributed by atoms with Crippen LogP contribution < -0.4 is 10.6 Å². The van der Waals surface area contributed by atoms with Crippen LogP contribution in [-0.2, 0) is 15.0 Å². The lowest BCUT2D eigenvalue weighted by molar-refractivity contribution is -0.384. The van der Waals surface area contributed by atoms with Gasteiger partial charge in [-0.15, -0.1) is 0 Å². The van der Waals surface area contributed by atoms with E-state index in [2.05, 4.69) is 54.8 Å². The van der Waals surface area contributed by atoms with Crippen molar-refractivity contribution in [2.45, 2.75) is 15.7 Å². The maximum Gasteiger partial charge on any atom is 0.271 e. The van der Waals surface area contributed by atoms with Crippen molar-refractivity contribution in [3.05, 3.63) is 176 Å². The zero-order valence-corrected chi connectivity index (χ0v) is 32.3. The van der Waals surface area contributed by atoms with Crippen molar-refractivity contribution in [2.24, 2.45) is 0 Å². The molecule has 2 amide bonds. The molecule has 290 valence electrons. The summed E-state index contributed by atoms with van der Waals surface area (Å²) < 4.78 is 0. The average Bonchev–Trinajstić information content (AvgIpc) is 3.94. The van der Waals surface area contributed by atoms with E-state index < -0.39 is 15.3 Å². The van der Waals surface area contributed by atoms with Gasteiger partial charge in [-0.25, -0.2) is 9.97 Å². The third kappa shape index (κ3) is 7.04. The molecule has 8 aromatic rings. The summed E-state index contributed by atoms with van der Waals surface area (Å²) in [6.45, 7) is 0. The Balaban J connectivity index is 0.935. The molecule has 0 saturated heterocycles. The SMILES string of the molecule is O=C(CSc1nc2ccc([N+](=O)[O-])cc2[nH]1)Nc1ccc(C2(c3ccc(NC(=O)CSc4nc5ccc([N+](=O)[O-])cc5[nH]4)cc3)c3ccccc3-c3ccccc32)cc1. The van der Waals surface area contributed by atoms with Gasteiger partial charge in [0.1, 0.15) is 0 Å². The van der Waals surface area contributed by atoms with Gasteiger partial charge >= 0.3 is 0 Å². The number of nitro benzene ring substituents is 2. The molecule has 0 spiro atoms. The van der Waals surface area contributed by atoms with Gasteiger partial charge in [0, 0.05) is 35.6 Å². The molecular formula is C43H30N8O6S2. The predicted molar refractivity (Wildman–Crippen MR) is 228 cm³/mol. The first-order valence-corrected chi connectivity index (χ1v) is 20.2. The number of hydrogen-bond acceptors (Lipinski definition) is 10. The van der Waals surface area contributed by atoms with Crippen LogP contribution in [0.5, 0.6) is 0 Å². The molecule has 16 heteroatoms. The van der Waals surface area contributed by atoms with E-state index in [-0.39, 0.29) is 34.7 Å². The van der Waals surface area contributed by atoms with Crippen molar-refractivity contribution >= 4 is 80.2 Å². The number of nitrogens with zero attached hydrogens (tertiary/aromatic N) is 4. The number of carbonyl (C=O) groups excluding carboxylic acids is 2. The van der Waals surface area contributed by atoms with Gasteiger partial charge in [0.05, 0.1) is 48.8 Å². The standard InChI is InChI=1S/C43H30N8O6S2/c52-39(23-58-41-46-35-19-17-29(50(54)55)21-37(35)48-41)44-27-13-9-25(10-14-27)43(33-7-3-1-5-31(33)32-6-2-4-8-34(32)43)26-11-15-28(16-12-26)45-40(53)24-59-42-47-36-20-18-30(51(56)57)22-38(36)49-42/h1-22H,23-24H2,(H,44,52)(H,45,53)(H,46,48)(H,47,49). The van der Waals surface area contributed by atoms with Crippen molar-refractivity contribution in [1.29, 1.82) is 0 Å². The van der Waals surface area contributed by atoms with Crippen LogP contribution in [0.15, 0.2) is 144 Å². The number of anilines is 2. The number of nitro groups is 2. The summed E-state index contributed by atoms with van der Waals surface area (Å²) in [7, 11) is 0. The second kappa shape index (κ2) is 15.2. The molecule has 1 aliphatic carbocycles. The third-order valence-electron chi connectivity index (χ3n) is 10.1. The van der Waals surface area contributed by atoms with Crippen molar-refractivity contribution < 1.29 is 19.4 Å². The third-order valence-corrected chi connectivity index (χ3v) is 11.9. The van der Waals surface area contributed by atoms with Crippen molar-refractivity contribution in [2.75, 3.05) is 22.1 Å². The molecule has 2 heterocycles. The van der Waals surface area contributed by atoms with Gasteiger partial charge in [0.15, 0.2) is 10.3 Å². The molecule has 0 fully saturated rings. The number of imidazole rings is 2. The number of benzene rings is 6. The first kappa shape index (κ1) is 37.3. The molecular weight excluding hydrogens is 789 g/mol. The zero-order valence-electron chi connectivity index (χ0n) is 30.7. The van der Waals surface area contributed by atoms with Crippen LogP contribution in [0, 0.1) is 20.2 Å². The van der Waals surface area contributed by atoms with Crippen LogP contribution in [0.2, 0.25) is 0 Å². The Bertz CT molecular complexity index is 2770. The number of H-pyrrole nitrogens is 2. The number of nitrogens with one attached hydrogen (secondary N) is 4. The fraction of sp³-hybridized carbons (Fsp3) is 0.0698. The molecule has 0 saturated carbocycles. The van der Waals surface area contributed by atoms with Gasteiger partial charge < -0.3 is 20.6 Å². The molecule has 0 radical (unpaired) electrons. The largest absolute Gasteiger partial charge is 0.333 e. The molecule has 0 aliphatic heterocycles. The lowest BCUT2D eigenvalue weighted by atomic mass is 9.67. The molecule has 4 N–H and O–H groups in total. The minimum Gasteiger partial charge on any atom is -0.333 e. The molecule has 0 atom stereocenters. The summed E-state index contributed by atoms with van der Waals surface area (Å²) in [4.78, 5) is 62.5.